The first-order chi connectivity index (χ1) is 9.45. The van der Waals surface area contributed by atoms with Crippen molar-refractivity contribution in [2.45, 2.75) is 6.18 Å². The van der Waals surface area contributed by atoms with Gasteiger partial charge in [0.25, 0.3) is 0 Å². The van der Waals surface area contributed by atoms with Crippen LogP contribution in [0, 0.1) is 0 Å². The Balaban J connectivity index is 2.46. The summed E-state index contributed by atoms with van der Waals surface area (Å²) in [5.41, 5.74) is 0.430. The maximum atomic E-state index is 12.7. The van der Waals surface area contributed by atoms with Gasteiger partial charge in [-0.1, -0.05) is 18.2 Å². The SMILES string of the molecule is COc1ccc(-c2cccc(C(F)(F)F)c2)cc1OC. The van der Waals surface area contributed by atoms with Crippen LogP contribution in [0.4, 0.5) is 13.2 Å². The molecule has 0 aliphatic carbocycles. The Labute approximate surface area is 114 Å². The summed E-state index contributed by atoms with van der Waals surface area (Å²) in [6, 6.07) is 10.2. The van der Waals surface area contributed by atoms with Gasteiger partial charge in [0.15, 0.2) is 11.5 Å². The minimum atomic E-state index is -4.35. The van der Waals surface area contributed by atoms with E-state index in [1.54, 1.807) is 24.3 Å². The van der Waals surface area contributed by atoms with Gasteiger partial charge in [0.2, 0.25) is 0 Å². The van der Waals surface area contributed by atoms with E-state index in [0.717, 1.165) is 12.1 Å². The lowest BCUT2D eigenvalue weighted by Crippen LogP contribution is -2.04. The molecular formula is C15H13F3O2. The van der Waals surface area contributed by atoms with E-state index in [2.05, 4.69) is 0 Å². The predicted octanol–water partition coefficient (Wildman–Crippen LogP) is 4.39. The zero-order valence-corrected chi connectivity index (χ0v) is 11.0. The molecule has 106 valence electrons. The van der Waals surface area contributed by atoms with E-state index in [1.807, 2.05) is 0 Å². The third kappa shape index (κ3) is 2.87. The summed E-state index contributed by atoms with van der Waals surface area (Å²) >= 11 is 0. The van der Waals surface area contributed by atoms with Gasteiger partial charge in [0.1, 0.15) is 0 Å². The van der Waals surface area contributed by atoms with Crippen LogP contribution in [0.1, 0.15) is 5.56 Å². The highest BCUT2D eigenvalue weighted by molar-refractivity contribution is 5.68. The lowest BCUT2D eigenvalue weighted by molar-refractivity contribution is -0.137. The van der Waals surface area contributed by atoms with E-state index in [4.69, 9.17) is 9.47 Å². The highest BCUT2D eigenvalue weighted by Crippen LogP contribution is 2.35. The van der Waals surface area contributed by atoms with E-state index in [-0.39, 0.29) is 0 Å². The Morgan fingerprint density at radius 1 is 0.800 bits per heavy atom. The fraction of sp³-hybridized carbons (Fsp3) is 0.200. The highest BCUT2D eigenvalue weighted by Gasteiger charge is 2.30. The molecule has 0 bridgehead atoms. The molecule has 0 N–H and O–H groups in total. The second-order valence-electron chi connectivity index (χ2n) is 4.15. The number of hydrogen-bond acceptors (Lipinski definition) is 2. The first-order valence-corrected chi connectivity index (χ1v) is 5.85. The Morgan fingerprint density at radius 3 is 2.05 bits per heavy atom. The largest absolute Gasteiger partial charge is 0.493 e. The van der Waals surface area contributed by atoms with Gasteiger partial charge in [-0.05, 0) is 35.4 Å². The van der Waals surface area contributed by atoms with Crippen molar-refractivity contribution in [2.24, 2.45) is 0 Å². The molecule has 2 nitrogen and oxygen atoms in total. The third-order valence-corrected chi connectivity index (χ3v) is 2.91. The van der Waals surface area contributed by atoms with Crippen LogP contribution in [-0.4, -0.2) is 14.2 Å². The average Bonchev–Trinajstić information content (AvgIpc) is 2.45. The predicted molar refractivity (Wildman–Crippen MR) is 70.0 cm³/mol. The molecule has 2 aromatic carbocycles. The number of rotatable bonds is 3. The molecule has 0 saturated carbocycles. The molecule has 0 unspecified atom stereocenters. The first kappa shape index (κ1) is 14.2. The Morgan fingerprint density at radius 2 is 1.45 bits per heavy atom. The van der Waals surface area contributed by atoms with E-state index in [9.17, 15) is 13.2 Å². The zero-order valence-electron chi connectivity index (χ0n) is 11.0. The second-order valence-corrected chi connectivity index (χ2v) is 4.15. The molecule has 0 radical (unpaired) electrons. The number of ether oxygens (including phenoxy) is 2. The molecule has 0 aromatic heterocycles. The number of benzene rings is 2. The van der Waals surface area contributed by atoms with Crippen LogP contribution >= 0.6 is 0 Å². The number of halogens is 3. The molecule has 0 saturated heterocycles. The average molecular weight is 282 g/mol. The summed E-state index contributed by atoms with van der Waals surface area (Å²) in [7, 11) is 2.98. The van der Waals surface area contributed by atoms with Gasteiger partial charge in [0, 0.05) is 0 Å². The van der Waals surface area contributed by atoms with Crippen molar-refractivity contribution in [3.8, 4) is 22.6 Å². The van der Waals surface area contributed by atoms with Crippen molar-refractivity contribution in [1.82, 2.24) is 0 Å². The van der Waals surface area contributed by atoms with Crippen molar-refractivity contribution in [1.29, 1.82) is 0 Å². The maximum Gasteiger partial charge on any atom is 0.416 e. The van der Waals surface area contributed by atoms with Crippen LogP contribution in [-0.2, 0) is 6.18 Å². The summed E-state index contributed by atoms with van der Waals surface area (Å²) in [5.74, 6) is 1.01. The lowest BCUT2D eigenvalue weighted by Gasteiger charge is -2.11. The molecular weight excluding hydrogens is 269 g/mol. The van der Waals surface area contributed by atoms with Crippen LogP contribution in [0.5, 0.6) is 11.5 Å². The smallest absolute Gasteiger partial charge is 0.416 e. The van der Waals surface area contributed by atoms with E-state index in [1.165, 1.54) is 20.3 Å². The highest BCUT2D eigenvalue weighted by atomic mass is 19.4. The zero-order chi connectivity index (χ0) is 14.8. The Bertz CT molecular complexity index is 606. The van der Waals surface area contributed by atoms with Gasteiger partial charge in [-0.25, -0.2) is 0 Å². The van der Waals surface area contributed by atoms with Gasteiger partial charge < -0.3 is 9.47 Å². The first-order valence-electron chi connectivity index (χ1n) is 5.85. The summed E-state index contributed by atoms with van der Waals surface area (Å²) in [6.07, 6.45) is -4.35. The van der Waals surface area contributed by atoms with Crippen molar-refractivity contribution in [2.75, 3.05) is 14.2 Å². The molecule has 0 aliphatic rings. The van der Waals surface area contributed by atoms with Gasteiger partial charge >= 0.3 is 6.18 Å². The second kappa shape index (κ2) is 5.45. The monoisotopic (exact) mass is 282 g/mol. The molecule has 0 heterocycles. The van der Waals surface area contributed by atoms with E-state index in [0.29, 0.717) is 22.6 Å². The number of alkyl halides is 3. The van der Waals surface area contributed by atoms with Crippen molar-refractivity contribution in [3.05, 3.63) is 48.0 Å². The van der Waals surface area contributed by atoms with Gasteiger partial charge in [-0.15, -0.1) is 0 Å². The van der Waals surface area contributed by atoms with Crippen molar-refractivity contribution < 1.29 is 22.6 Å². The van der Waals surface area contributed by atoms with Gasteiger partial charge in [-0.2, -0.15) is 13.2 Å². The van der Waals surface area contributed by atoms with Crippen LogP contribution < -0.4 is 9.47 Å². The third-order valence-electron chi connectivity index (χ3n) is 2.91. The molecule has 2 rings (SSSR count). The van der Waals surface area contributed by atoms with Gasteiger partial charge in [0.05, 0.1) is 19.8 Å². The molecule has 0 atom stereocenters. The minimum Gasteiger partial charge on any atom is -0.493 e. The minimum absolute atomic E-state index is 0.473. The maximum absolute atomic E-state index is 12.7. The van der Waals surface area contributed by atoms with Crippen LogP contribution in [0.3, 0.4) is 0 Å². The Hall–Kier alpha value is -2.17. The van der Waals surface area contributed by atoms with Crippen LogP contribution in [0.2, 0.25) is 0 Å². The molecule has 20 heavy (non-hydrogen) atoms. The fourth-order valence-corrected chi connectivity index (χ4v) is 1.89. The summed E-state index contributed by atoms with van der Waals surface area (Å²) < 4.78 is 48.4. The van der Waals surface area contributed by atoms with E-state index >= 15 is 0 Å². The number of methoxy groups -OCH3 is 2. The van der Waals surface area contributed by atoms with E-state index < -0.39 is 11.7 Å². The standard InChI is InChI=1S/C15H13F3O2/c1-19-13-7-6-11(9-14(13)20-2)10-4-3-5-12(8-10)15(16,17)18/h3-9H,1-2H3. The fourth-order valence-electron chi connectivity index (χ4n) is 1.89. The van der Waals surface area contributed by atoms with Crippen molar-refractivity contribution >= 4 is 0 Å². The topological polar surface area (TPSA) is 18.5 Å². The number of hydrogen-bond donors (Lipinski definition) is 0. The molecule has 2 aromatic rings. The van der Waals surface area contributed by atoms with Crippen LogP contribution in [0.15, 0.2) is 42.5 Å². The molecule has 0 amide bonds. The molecule has 0 aliphatic heterocycles. The molecule has 5 heteroatoms. The van der Waals surface area contributed by atoms with Crippen molar-refractivity contribution in [3.63, 3.8) is 0 Å². The summed E-state index contributed by atoms with van der Waals surface area (Å²) in [5, 5.41) is 0. The van der Waals surface area contributed by atoms with Crippen LogP contribution in [0.25, 0.3) is 11.1 Å². The summed E-state index contributed by atoms with van der Waals surface area (Å²) in [4.78, 5) is 0. The molecule has 0 fully saturated rings. The summed E-state index contributed by atoms with van der Waals surface area (Å²) in [6.45, 7) is 0. The van der Waals surface area contributed by atoms with Gasteiger partial charge in [-0.3, -0.25) is 0 Å². The normalized spacial score (nSPS) is 11.2. The Kier molecular flexibility index (Phi) is 3.88. The lowest BCUT2D eigenvalue weighted by atomic mass is 10.0. The molecule has 0 spiro atoms. The quantitative estimate of drug-likeness (QED) is 0.831.